The Kier molecular flexibility index (Phi) is 9.57. The van der Waals surface area contributed by atoms with Crippen LogP contribution in [0.2, 0.25) is 0 Å². The number of hydrogen-bond acceptors (Lipinski definition) is 15. The Bertz CT molecular complexity index is 2680. The molecule has 0 saturated carbocycles. The first kappa shape index (κ1) is 36.6. The molecular formula is C41H39N11O4S2. The van der Waals surface area contributed by atoms with E-state index in [0.29, 0.717) is 45.7 Å². The molecule has 3 aliphatic heterocycles. The van der Waals surface area contributed by atoms with E-state index < -0.39 is 5.97 Å². The molecule has 17 heteroatoms. The van der Waals surface area contributed by atoms with Crippen molar-refractivity contribution in [2.24, 2.45) is 21.8 Å². The molecule has 58 heavy (non-hydrogen) atoms. The van der Waals surface area contributed by atoms with E-state index in [2.05, 4.69) is 63.5 Å². The van der Waals surface area contributed by atoms with Crippen molar-refractivity contribution in [2.45, 2.75) is 64.6 Å². The van der Waals surface area contributed by atoms with Crippen molar-refractivity contribution in [3.8, 4) is 0 Å². The van der Waals surface area contributed by atoms with Gasteiger partial charge in [-0.1, -0.05) is 0 Å². The van der Waals surface area contributed by atoms with Crippen molar-refractivity contribution >= 4 is 90.4 Å². The number of nitrogens with zero attached hydrogens (tertiary/aromatic N) is 9. The number of thiophene rings is 2. The van der Waals surface area contributed by atoms with Gasteiger partial charge < -0.3 is 25.4 Å². The third kappa shape index (κ3) is 6.86. The van der Waals surface area contributed by atoms with E-state index >= 15 is 0 Å². The normalized spacial score (nSPS) is 20.2. The van der Waals surface area contributed by atoms with Crippen LogP contribution in [0.1, 0.15) is 63.2 Å². The number of carboxylic acids is 1. The number of carbonyl (C=O) groups is 2. The first-order valence-corrected chi connectivity index (χ1v) is 21.1. The summed E-state index contributed by atoms with van der Waals surface area (Å²) >= 11 is 3.26. The van der Waals surface area contributed by atoms with Gasteiger partial charge in [0.2, 0.25) is 5.91 Å². The molecule has 0 aromatic carbocycles. The molecule has 0 radical (unpaired) electrons. The Morgan fingerprint density at radius 2 is 1.33 bits per heavy atom. The molecule has 0 bridgehead atoms. The lowest BCUT2D eigenvalue weighted by Crippen LogP contribution is -2.50. The predicted molar refractivity (Wildman–Crippen MR) is 223 cm³/mol. The number of pyridine rings is 2. The van der Waals surface area contributed by atoms with Gasteiger partial charge in [0.15, 0.2) is 0 Å². The summed E-state index contributed by atoms with van der Waals surface area (Å²) in [4.78, 5) is 66.2. The van der Waals surface area contributed by atoms with Crippen LogP contribution in [0.25, 0.3) is 20.4 Å². The van der Waals surface area contributed by atoms with Crippen LogP contribution in [0.15, 0.2) is 47.2 Å². The van der Waals surface area contributed by atoms with Crippen LogP contribution in [0.4, 0.5) is 23.0 Å². The van der Waals surface area contributed by atoms with Crippen molar-refractivity contribution in [1.29, 1.82) is 0 Å². The van der Waals surface area contributed by atoms with Crippen LogP contribution in [0.5, 0.6) is 0 Å². The Morgan fingerprint density at radius 3 is 1.88 bits per heavy atom. The largest absolute Gasteiger partial charge is 0.481 e. The molecule has 294 valence electrons. The van der Waals surface area contributed by atoms with Crippen LogP contribution in [-0.4, -0.2) is 90.0 Å². The monoisotopic (exact) mass is 813 g/mol. The number of aliphatic carboxylic acids is 1. The fourth-order valence-corrected chi connectivity index (χ4v) is 11.0. The summed E-state index contributed by atoms with van der Waals surface area (Å²) in [7, 11) is 0. The maximum atomic E-state index is 13.2. The van der Waals surface area contributed by atoms with Crippen LogP contribution < -0.4 is 10.6 Å². The number of morpholine rings is 1. The summed E-state index contributed by atoms with van der Waals surface area (Å²) in [6, 6.07) is 4.23. The summed E-state index contributed by atoms with van der Waals surface area (Å²) in [5, 5.41) is 18.2. The summed E-state index contributed by atoms with van der Waals surface area (Å²) in [6.07, 6.45) is 14.9. The van der Waals surface area contributed by atoms with Crippen molar-refractivity contribution < 1.29 is 19.4 Å². The molecule has 1 fully saturated rings. The fraction of sp³-hybridized carbons (Fsp3) is 0.366. The average molecular weight is 814 g/mol. The van der Waals surface area contributed by atoms with Gasteiger partial charge in [-0.05, 0) is 68.7 Å². The topological polar surface area (TPSA) is 193 Å². The number of hydrogen-bond donors (Lipinski definition) is 3. The Hall–Kier alpha value is -5.78. The molecule has 0 spiro atoms. The number of aryl methyl sites for hydroxylation is 2. The molecule has 0 unspecified atom stereocenters. The van der Waals surface area contributed by atoms with E-state index in [4.69, 9.17) is 4.74 Å². The third-order valence-corrected chi connectivity index (χ3v) is 13.8. The molecule has 3 atom stereocenters. The first-order chi connectivity index (χ1) is 28.4. The molecule has 5 aliphatic rings. The van der Waals surface area contributed by atoms with Gasteiger partial charge in [0.05, 0.1) is 84.2 Å². The maximum Gasteiger partial charge on any atom is 0.306 e. The van der Waals surface area contributed by atoms with Gasteiger partial charge in [0.1, 0.15) is 34.0 Å². The minimum atomic E-state index is -0.719. The zero-order chi connectivity index (χ0) is 39.3. The lowest BCUT2D eigenvalue weighted by molar-refractivity contribution is -0.144. The van der Waals surface area contributed by atoms with Crippen LogP contribution >= 0.6 is 22.7 Å². The Balaban J connectivity index is 0.000000144. The molecule has 9 heterocycles. The van der Waals surface area contributed by atoms with E-state index in [0.717, 1.165) is 96.5 Å². The van der Waals surface area contributed by atoms with Crippen molar-refractivity contribution in [3.05, 3.63) is 80.6 Å². The Labute approximate surface area is 340 Å². The first-order valence-electron chi connectivity index (χ1n) is 19.5. The predicted octanol–water partition coefficient (Wildman–Crippen LogP) is 6.07. The highest BCUT2D eigenvalue weighted by Gasteiger charge is 2.34. The zero-order valence-electron chi connectivity index (χ0n) is 31.6. The summed E-state index contributed by atoms with van der Waals surface area (Å²) in [5.41, 5.74) is 8.27. The summed E-state index contributed by atoms with van der Waals surface area (Å²) in [6.45, 7) is 5.29. The number of carbonyl (C=O) groups excluding carboxylic acids is 1. The Morgan fingerprint density at radius 1 is 0.776 bits per heavy atom. The van der Waals surface area contributed by atoms with Gasteiger partial charge in [0, 0.05) is 45.8 Å². The average Bonchev–Trinajstić information content (AvgIpc) is 4.05. The second kappa shape index (κ2) is 15.2. The summed E-state index contributed by atoms with van der Waals surface area (Å²) < 4.78 is 5.51. The number of amides is 1. The highest BCUT2D eigenvalue weighted by atomic mass is 32.1. The van der Waals surface area contributed by atoms with Crippen LogP contribution in [0.3, 0.4) is 0 Å². The molecule has 1 amide bonds. The number of rotatable bonds is 6. The lowest BCUT2D eigenvalue weighted by Gasteiger charge is -2.36. The number of fused-ring (bicyclic) bond motifs is 8. The molecule has 6 aromatic rings. The second-order valence-electron chi connectivity index (χ2n) is 15.2. The van der Waals surface area contributed by atoms with Gasteiger partial charge in [-0.15, -0.1) is 22.7 Å². The van der Waals surface area contributed by atoms with E-state index in [-0.39, 0.29) is 23.8 Å². The minimum absolute atomic E-state index is 0.0284. The highest BCUT2D eigenvalue weighted by Crippen LogP contribution is 2.42. The van der Waals surface area contributed by atoms with E-state index in [1.165, 1.54) is 16.0 Å². The van der Waals surface area contributed by atoms with Crippen molar-refractivity contribution in [3.63, 3.8) is 0 Å². The number of carboxylic acid groups (broad SMARTS) is 1. The van der Waals surface area contributed by atoms with Crippen molar-refractivity contribution in [1.82, 2.24) is 34.8 Å². The maximum absolute atomic E-state index is 13.2. The van der Waals surface area contributed by atoms with Crippen molar-refractivity contribution in [2.75, 3.05) is 30.4 Å². The molecule has 1 saturated heterocycles. The summed E-state index contributed by atoms with van der Waals surface area (Å²) in [5.74, 6) is 0.817. The minimum Gasteiger partial charge on any atom is -0.481 e. The van der Waals surface area contributed by atoms with Gasteiger partial charge in [0.25, 0.3) is 0 Å². The highest BCUT2D eigenvalue weighted by molar-refractivity contribution is 7.19. The van der Waals surface area contributed by atoms with Gasteiger partial charge in [-0.3, -0.25) is 29.5 Å². The number of aliphatic imine (C=N–C) groups is 2. The zero-order valence-corrected chi connectivity index (χ0v) is 33.3. The fourth-order valence-electron chi connectivity index (χ4n) is 8.50. The van der Waals surface area contributed by atoms with Gasteiger partial charge in [-0.25, -0.2) is 19.9 Å². The second-order valence-corrected chi connectivity index (χ2v) is 17.4. The van der Waals surface area contributed by atoms with Crippen LogP contribution in [0, 0.1) is 11.8 Å². The number of aromatic nitrogens is 6. The van der Waals surface area contributed by atoms with E-state index in [1.807, 2.05) is 29.6 Å². The molecular weight excluding hydrogens is 775 g/mol. The lowest BCUT2D eigenvalue weighted by atomic mass is 9.86. The number of anilines is 4. The van der Waals surface area contributed by atoms with Gasteiger partial charge in [-0.2, -0.15) is 0 Å². The molecule has 3 N–H and O–H groups in total. The number of ether oxygens (including phenoxy) is 1. The molecule has 11 rings (SSSR count). The van der Waals surface area contributed by atoms with E-state index in [1.54, 1.807) is 41.5 Å². The molecule has 6 aromatic heterocycles. The quantitative estimate of drug-likeness (QED) is 0.176. The molecule has 15 nitrogen and oxygen atoms in total. The standard InChI is InChI=1S/C23H24N6O2S.C18H15N5O2S/c1-13-11-31-5-4-29(13)23(30)14-2-3-17-19(7-14)32-22-20(17)21(26-12-27-22)28-16-6-15-8-24-10-18(15)25-9-16;24-18(25)9-1-2-12-14(4-9)26-17-15(12)16(21-8-22-17)23-11-3-10-5-19-7-13(10)20-6-11/h6,8-9,12-14H,2-5,7,10-11H2,1H3,(H,26,27,28);3,5-6,8-9H,1-2,4,7H2,(H,24,25)(H,21,22,23)/t13-,14+;9-/m10/s1. The SMILES string of the molecule is C[C@@H]1COCCN1C(=O)[C@H]1CCc2c(sc3ncnc(Nc4cnc5c(c4)C=NC5)c23)C1.O=C(O)[C@H]1CCc2c(sc3ncnc(Nc4cnc5c(c4)C=NC5)c23)C1. The van der Waals surface area contributed by atoms with E-state index in [9.17, 15) is 14.7 Å². The smallest absolute Gasteiger partial charge is 0.306 e. The van der Waals surface area contributed by atoms with Crippen LogP contribution in [-0.2, 0) is 53.1 Å². The molecule has 2 aliphatic carbocycles. The third-order valence-electron chi connectivity index (χ3n) is 11.5. The van der Waals surface area contributed by atoms with Gasteiger partial charge >= 0.3 is 5.97 Å². The number of nitrogens with one attached hydrogen (secondary N) is 2.